The predicted octanol–water partition coefficient (Wildman–Crippen LogP) is 3.44. The van der Waals surface area contributed by atoms with Gasteiger partial charge >= 0.3 is 0 Å². The molecule has 0 saturated heterocycles. The third-order valence-corrected chi connectivity index (χ3v) is 3.53. The van der Waals surface area contributed by atoms with Crippen LogP contribution in [0.2, 0.25) is 0 Å². The van der Waals surface area contributed by atoms with E-state index in [1.54, 1.807) is 0 Å². The molecule has 0 bridgehead atoms. The normalized spacial score (nSPS) is 13.5. The van der Waals surface area contributed by atoms with Crippen LogP contribution in [-0.2, 0) is 4.79 Å². The third kappa shape index (κ3) is 2.78. The van der Waals surface area contributed by atoms with Gasteiger partial charge in [-0.2, -0.15) is 0 Å². The van der Waals surface area contributed by atoms with Gasteiger partial charge in [-0.3, -0.25) is 4.79 Å². The van der Waals surface area contributed by atoms with Gasteiger partial charge in [0.15, 0.2) is 5.58 Å². The van der Waals surface area contributed by atoms with E-state index in [1.807, 2.05) is 52.0 Å². The molecule has 4 heteroatoms. The van der Waals surface area contributed by atoms with E-state index in [1.165, 1.54) is 0 Å². The van der Waals surface area contributed by atoms with Gasteiger partial charge in [0.1, 0.15) is 11.6 Å². The molecule has 1 N–H and O–H groups in total. The number of carbonyl (C=O) groups excluding carboxylic acids is 1. The first kappa shape index (κ1) is 13.6. The molecule has 0 aliphatic carbocycles. The number of aromatic nitrogens is 1. The van der Waals surface area contributed by atoms with Crippen LogP contribution >= 0.6 is 0 Å². The van der Waals surface area contributed by atoms with Crippen molar-refractivity contribution in [2.45, 2.75) is 40.2 Å². The maximum Gasteiger partial charge on any atom is 0.226 e. The zero-order chi connectivity index (χ0) is 14.0. The second-order valence-electron chi connectivity index (χ2n) is 5.45. The zero-order valence-electron chi connectivity index (χ0n) is 11.9. The largest absolute Gasteiger partial charge is 0.438 e. The van der Waals surface area contributed by atoms with Gasteiger partial charge in [-0.25, -0.2) is 4.98 Å². The van der Waals surface area contributed by atoms with Crippen molar-refractivity contribution in [2.75, 3.05) is 0 Å². The molecule has 19 heavy (non-hydrogen) atoms. The number of para-hydroxylation sites is 2. The minimum Gasteiger partial charge on any atom is -0.438 e. The molecule has 1 atom stereocenters. The van der Waals surface area contributed by atoms with Crippen LogP contribution in [0.1, 0.15) is 46.0 Å². The fraction of sp³-hybridized carbons (Fsp3) is 0.467. The Labute approximate surface area is 113 Å². The summed E-state index contributed by atoms with van der Waals surface area (Å²) in [6, 6.07) is 7.35. The summed E-state index contributed by atoms with van der Waals surface area (Å²) in [5, 5.41) is 2.95. The lowest BCUT2D eigenvalue weighted by Gasteiger charge is -2.23. The number of hydrogen-bond acceptors (Lipinski definition) is 3. The highest BCUT2D eigenvalue weighted by Gasteiger charge is 2.27. The molecule has 0 saturated carbocycles. The van der Waals surface area contributed by atoms with E-state index in [4.69, 9.17) is 4.42 Å². The lowest BCUT2D eigenvalue weighted by molar-refractivity contribution is -0.130. The number of oxazole rings is 1. The predicted molar refractivity (Wildman–Crippen MR) is 74.6 cm³/mol. The summed E-state index contributed by atoms with van der Waals surface area (Å²) in [6.45, 7) is 7.75. The Morgan fingerprint density at radius 2 is 2.11 bits per heavy atom. The molecule has 2 rings (SSSR count). The molecule has 0 fully saturated rings. The molecule has 1 aromatic carbocycles. The average molecular weight is 260 g/mol. The second kappa shape index (κ2) is 5.03. The number of fused-ring (bicyclic) bond motifs is 1. The second-order valence-corrected chi connectivity index (χ2v) is 5.45. The van der Waals surface area contributed by atoms with Crippen LogP contribution in [0.25, 0.3) is 11.1 Å². The monoisotopic (exact) mass is 260 g/mol. The van der Waals surface area contributed by atoms with Crippen molar-refractivity contribution in [2.24, 2.45) is 5.41 Å². The van der Waals surface area contributed by atoms with Crippen LogP contribution in [0.5, 0.6) is 0 Å². The van der Waals surface area contributed by atoms with Crippen molar-refractivity contribution in [3.8, 4) is 0 Å². The van der Waals surface area contributed by atoms with E-state index in [-0.39, 0.29) is 17.4 Å². The van der Waals surface area contributed by atoms with Gasteiger partial charge in [0.2, 0.25) is 11.8 Å². The van der Waals surface area contributed by atoms with Crippen molar-refractivity contribution >= 4 is 17.0 Å². The number of nitrogens with zero attached hydrogens (tertiary/aromatic N) is 1. The van der Waals surface area contributed by atoms with Crippen molar-refractivity contribution < 1.29 is 9.21 Å². The van der Waals surface area contributed by atoms with Crippen molar-refractivity contribution in [3.05, 3.63) is 30.2 Å². The summed E-state index contributed by atoms with van der Waals surface area (Å²) in [6.07, 6.45) is 0.791. The Bertz CT molecular complexity index is 554. The standard InChI is InChI=1S/C15H20N2O2/c1-5-15(3,4)14(18)16-10(2)13-17-11-8-6-7-9-12(11)19-13/h6-10H,5H2,1-4H3,(H,16,18). The lowest BCUT2D eigenvalue weighted by Crippen LogP contribution is -2.38. The Morgan fingerprint density at radius 1 is 1.42 bits per heavy atom. The van der Waals surface area contributed by atoms with Crippen LogP contribution in [0, 0.1) is 5.41 Å². The first-order valence-electron chi connectivity index (χ1n) is 6.60. The molecule has 1 aromatic heterocycles. The van der Waals surface area contributed by atoms with Gasteiger partial charge < -0.3 is 9.73 Å². The van der Waals surface area contributed by atoms with Gasteiger partial charge in [-0.1, -0.05) is 32.9 Å². The van der Waals surface area contributed by atoms with E-state index in [2.05, 4.69) is 10.3 Å². The van der Waals surface area contributed by atoms with Crippen LogP contribution in [0.4, 0.5) is 0 Å². The number of carbonyl (C=O) groups is 1. The zero-order valence-corrected chi connectivity index (χ0v) is 11.9. The Hall–Kier alpha value is -1.84. The Morgan fingerprint density at radius 3 is 2.74 bits per heavy atom. The first-order valence-corrected chi connectivity index (χ1v) is 6.60. The Kier molecular flexibility index (Phi) is 3.60. The van der Waals surface area contributed by atoms with Gasteiger partial charge in [-0.15, -0.1) is 0 Å². The fourth-order valence-corrected chi connectivity index (χ4v) is 1.69. The van der Waals surface area contributed by atoms with Crippen molar-refractivity contribution in [1.29, 1.82) is 0 Å². The summed E-state index contributed by atoms with van der Waals surface area (Å²) in [7, 11) is 0. The maximum absolute atomic E-state index is 12.1. The SMILES string of the molecule is CCC(C)(C)C(=O)NC(C)c1nc2ccccc2o1. The van der Waals surface area contributed by atoms with Gasteiger partial charge in [0, 0.05) is 5.41 Å². The van der Waals surface area contributed by atoms with Crippen molar-refractivity contribution in [3.63, 3.8) is 0 Å². The molecular formula is C15H20N2O2. The summed E-state index contributed by atoms with van der Waals surface area (Å²) < 4.78 is 5.65. The van der Waals surface area contributed by atoms with Gasteiger partial charge in [-0.05, 0) is 25.5 Å². The Balaban J connectivity index is 2.16. The number of hydrogen-bond donors (Lipinski definition) is 1. The molecule has 1 unspecified atom stereocenters. The summed E-state index contributed by atoms with van der Waals surface area (Å²) in [5.41, 5.74) is 1.18. The molecular weight excluding hydrogens is 240 g/mol. The minimum absolute atomic E-state index is 0.0183. The minimum atomic E-state index is -0.375. The van der Waals surface area contributed by atoms with Gasteiger partial charge in [0.25, 0.3) is 0 Å². The molecule has 0 radical (unpaired) electrons. The lowest BCUT2D eigenvalue weighted by atomic mass is 9.89. The van der Waals surface area contributed by atoms with Crippen LogP contribution in [0.15, 0.2) is 28.7 Å². The molecule has 0 aliphatic rings. The summed E-state index contributed by atoms with van der Waals surface area (Å²) in [4.78, 5) is 16.5. The third-order valence-electron chi connectivity index (χ3n) is 3.53. The molecule has 0 aliphatic heterocycles. The highest BCUT2D eigenvalue weighted by molar-refractivity contribution is 5.82. The smallest absolute Gasteiger partial charge is 0.226 e. The number of amides is 1. The van der Waals surface area contributed by atoms with Crippen molar-refractivity contribution in [1.82, 2.24) is 10.3 Å². The first-order chi connectivity index (χ1) is 8.94. The highest BCUT2D eigenvalue weighted by atomic mass is 16.3. The molecule has 4 nitrogen and oxygen atoms in total. The fourth-order valence-electron chi connectivity index (χ4n) is 1.69. The summed E-state index contributed by atoms with van der Waals surface area (Å²) >= 11 is 0. The quantitative estimate of drug-likeness (QED) is 0.916. The molecule has 1 amide bonds. The average Bonchev–Trinajstić information content (AvgIpc) is 2.82. The van der Waals surface area contributed by atoms with E-state index >= 15 is 0 Å². The molecule has 0 spiro atoms. The van der Waals surface area contributed by atoms with E-state index < -0.39 is 0 Å². The van der Waals surface area contributed by atoms with Gasteiger partial charge in [0.05, 0.1) is 0 Å². The van der Waals surface area contributed by atoms with Crippen LogP contribution in [-0.4, -0.2) is 10.9 Å². The highest BCUT2D eigenvalue weighted by Crippen LogP contribution is 2.23. The maximum atomic E-state index is 12.1. The topological polar surface area (TPSA) is 55.1 Å². The van der Waals surface area contributed by atoms with Crippen LogP contribution in [0.3, 0.4) is 0 Å². The van der Waals surface area contributed by atoms with E-state index in [0.717, 1.165) is 17.5 Å². The number of nitrogens with one attached hydrogen (secondary N) is 1. The number of rotatable bonds is 4. The molecule has 102 valence electrons. The van der Waals surface area contributed by atoms with Crippen LogP contribution < -0.4 is 5.32 Å². The summed E-state index contributed by atoms with van der Waals surface area (Å²) in [5.74, 6) is 0.561. The van der Waals surface area contributed by atoms with E-state index in [9.17, 15) is 4.79 Å². The van der Waals surface area contributed by atoms with E-state index in [0.29, 0.717) is 5.89 Å². The molecule has 1 heterocycles. The number of benzene rings is 1. The molecule has 2 aromatic rings.